The molecule has 5 nitrogen and oxygen atoms in total. The van der Waals surface area contributed by atoms with Crippen LogP contribution in [-0.4, -0.2) is 30.1 Å². The summed E-state index contributed by atoms with van der Waals surface area (Å²) in [7, 11) is 0. The van der Waals surface area contributed by atoms with Crippen LogP contribution < -0.4 is 10.1 Å². The predicted molar refractivity (Wildman–Crippen MR) is 76.2 cm³/mol. The molecule has 112 valence electrons. The predicted octanol–water partition coefficient (Wildman–Crippen LogP) is 1.78. The van der Waals surface area contributed by atoms with E-state index >= 15 is 0 Å². The van der Waals surface area contributed by atoms with Gasteiger partial charge in [-0.2, -0.15) is 0 Å². The highest BCUT2D eigenvalue weighted by molar-refractivity contribution is 5.86. The first-order valence-electron chi connectivity index (χ1n) is 7.39. The van der Waals surface area contributed by atoms with Gasteiger partial charge in [0.2, 0.25) is 5.91 Å². The number of amides is 1. The zero-order chi connectivity index (χ0) is 14.8. The normalized spacial score (nSPS) is 27.0. The first kappa shape index (κ1) is 13.9. The number of para-hydroxylation sites is 1. The molecule has 2 N–H and O–H groups in total. The molecule has 3 rings (SSSR count). The average molecular weight is 289 g/mol. The lowest BCUT2D eigenvalue weighted by atomic mass is 9.73. The summed E-state index contributed by atoms with van der Waals surface area (Å²) in [5, 5.41) is 11.9. The van der Waals surface area contributed by atoms with Crippen molar-refractivity contribution in [1.82, 2.24) is 5.32 Å². The molecule has 21 heavy (non-hydrogen) atoms. The number of hydrogen-bond donors (Lipinski definition) is 2. The van der Waals surface area contributed by atoms with E-state index in [1.807, 2.05) is 24.3 Å². The van der Waals surface area contributed by atoms with E-state index in [-0.39, 0.29) is 17.7 Å². The van der Waals surface area contributed by atoms with Gasteiger partial charge in [0.25, 0.3) is 0 Å². The summed E-state index contributed by atoms with van der Waals surface area (Å²) < 4.78 is 5.60. The maximum atomic E-state index is 12.1. The molecule has 0 bridgehead atoms. The van der Waals surface area contributed by atoms with Crippen molar-refractivity contribution in [2.24, 2.45) is 11.8 Å². The number of carbonyl (C=O) groups is 2. The van der Waals surface area contributed by atoms with Crippen LogP contribution in [0.2, 0.25) is 0 Å². The van der Waals surface area contributed by atoms with Crippen molar-refractivity contribution in [3.8, 4) is 5.75 Å². The summed E-state index contributed by atoms with van der Waals surface area (Å²) >= 11 is 0. The molecule has 3 unspecified atom stereocenters. The fraction of sp³-hybridized carbons (Fsp3) is 0.500. The molecule has 2 aliphatic rings. The van der Waals surface area contributed by atoms with Gasteiger partial charge >= 0.3 is 5.97 Å². The minimum Gasteiger partial charge on any atom is -0.493 e. The lowest BCUT2D eigenvalue weighted by Crippen LogP contribution is -2.45. The molecule has 3 atom stereocenters. The topological polar surface area (TPSA) is 75.6 Å². The third-order valence-electron chi connectivity index (χ3n) is 4.53. The van der Waals surface area contributed by atoms with Crippen LogP contribution in [0.3, 0.4) is 0 Å². The first-order chi connectivity index (χ1) is 10.2. The highest BCUT2D eigenvalue weighted by atomic mass is 16.5. The average Bonchev–Trinajstić information content (AvgIpc) is 2.43. The number of nitrogens with one attached hydrogen (secondary N) is 1. The minimum atomic E-state index is -0.863. The molecular formula is C16H19NO4. The van der Waals surface area contributed by atoms with Crippen molar-refractivity contribution < 1.29 is 19.4 Å². The quantitative estimate of drug-likeness (QED) is 0.886. The van der Waals surface area contributed by atoms with Crippen LogP contribution in [0.15, 0.2) is 24.3 Å². The van der Waals surface area contributed by atoms with Crippen LogP contribution >= 0.6 is 0 Å². The Labute approximate surface area is 123 Å². The van der Waals surface area contributed by atoms with Crippen molar-refractivity contribution in [2.75, 3.05) is 13.2 Å². The third kappa shape index (κ3) is 2.73. The molecular weight excluding hydrogens is 270 g/mol. The van der Waals surface area contributed by atoms with E-state index in [0.29, 0.717) is 26.0 Å². The van der Waals surface area contributed by atoms with Gasteiger partial charge < -0.3 is 15.2 Å². The number of fused-ring (bicyclic) bond motifs is 1. The summed E-state index contributed by atoms with van der Waals surface area (Å²) in [5.41, 5.74) is 1.12. The highest BCUT2D eigenvalue weighted by Crippen LogP contribution is 2.35. The summed E-state index contributed by atoms with van der Waals surface area (Å²) in [6.45, 7) is 1.20. The Kier molecular flexibility index (Phi) is 3.82. The number of carboxylic acid groups (broad SMARTS) is 1. The number of rotatable bonds is 4. The van der Waals surface area contributed by atoms with Crippen molar-refractivity contribution in [3.05, 3.63) is 29.8 Å². The Morgan fingerprint density at radius 2 is 1.95 bits per heavy atom. The molecule has 1 amide bonds. The highest BCUT2D eigenvalue weighted by Gasteiger charge is 2.41. The second kappa shape index (κ2) is 5.76. The zero-order valence-electron chi connectivity index (χ0n) is 11.7. The fourth-order valence-electron chi connectivity index (χ4n) is 3.09. The standard InChI is InChI=1S/C16H19NO4/c18-15(12-5-6-13(12)16(19)20)17-9-10-7-8-21-14-4-2-1-3-11(10)14/h1-4,10,12-13H,5-9H2,(H,17,18)(H,19,20). The lowest BCUT2D eigenvalue weighted by Gasteiger charge is -2.33. The molecule has 0 aromatic heterocycles. The van der Waals surface area contributed by atoms with Crippen molar-refractivity contribution in [3.63, 3.8) is 0 Å². The van der Waals surface area contributed by atoms with Crippen molar-refractivity contribution in [2.45, 2.75) is 25.2 Å². The van der Waals surface area contributed by atoms with Gasteiger partial charge in [0.1, 0.15) is 5.75 Å². The molecule has 1 saturated carbocycles. The van der Waals surface area contributed by atoms with E-state index in [4.69, 9.17) is 9.84 Å². The maximum absolute atomic E-state index is 12.1. The van der Waals surface area contributed by atoms with Crippen LogP contribution in [0.1, 0.15) is 30.7 Å². The molecule has 1 aromatic carbocycles. The van der Waals surface area contributed by atoms with Gasteiger partial charge in [-0.05, 0) is 30.9 Å². The Morgan fingerprint density at radius 3 is 2.67 bits per heavy atom. The van der Waals surface area contributed by atoms with Gasteiger partial charge in [-0.3, -0.25) is 9.59 Å². The Bertz CT molecular complexity index is 557. The van der Waals surface area contributed by atoms with E-state index in [0.717, 1.165) is 17.7 Å². The van der Waals surface area contributed by atoms with Gasteiger partial charge in [0.15, 0.2) is 0 Å². The van der Waals surface area contributed by atoms with E-state index in [9.17, 15) is 9.59 Å². The second-order valence-corrected chi connectivity index (χ2v) is 5.75. The van der Waals surface area contributed by atoms with Crippen LogP contribution in [0.5, 0.6) is 5.75 Å². The Balaban J connectivity index is 1.59. The number of benzene rings is 1. The van der Waals surface area contributed by atoms with Gasteiger partial charge in [-0.15, -0.1) is 0 Å². The molecule has 1 heterocycles. The Hall–Kier alpha value is -2.04. The van der Waals surface area contributed by atoms with Crippen LogP contribution in [0.25, 0.3) is 0 Å². The van der Waals surface area contributed by atoms with E-state index in [1.54, 1.807) is 0 Å². The van der Waals surface area contributed by atoms with Crippen molar-refractivity contribution in [1.29, 1.82) is 0 Å². The van der Waals surface area contributed by atoms with Gasteiger partial charge in [0.05, 0.1) is 18.4 Å². The molecule has 0 radical (unpaired) electrons. The van der Waals surface area contributed by atoms with Crippen molar-refractivity contribution >= 4 is 11.9 Å². The maximum Gasteiger partial charge on any atom is 0.307 e. The van der Waals surface area contributed by atoms with E-state index in [2.05, 4.69) is 5.32 Å². The molecule has 5 heteroatoms. The molecule has 0 spiro atoms. The monoisotopic (exact) mass is 289 g/mol. The number of carboxylic acids is 1. The number of hydrogen-bond acceptors (Lipinski definition) is 3. The third-order valence-corrected chi connectivity index (χ3v) is 4.53. The lowest BCUT2D eigenvalue weighted by molar-refractivity contribution is -0.152. The van der Waals surface area contributed by atoms with Crippen LogP contribution in [-0.2, 0) is 9.59 Å². The zero-order valence-corrected chi connectivity index (χ0v) is 11.7. The molecule has 0 saturated heterocycles. The Morgan fingerprint density at radius 1 is 1.19 bits per heavy atom. The number of aliphatic carboxylic acids is 1. The van der Waals surface area contributed by atoms with Crippen LogP contribution in [0.4, 0.5) is 0 Å². The largest absolute Gasteiger partial charge is 0.493 e. The van der Waals surface area contributed by atoms with Crippen LogP contribution in [0, 0.1) is 11.8 Å². The second-order valence-electron chi connectivity index (χ2n) is 5.75. The summed E-state index contributed by atoms with van der Waals surface area (Å²) in [5.74, 6) is -0.739. The van der Waals surface area contributed by atoms with Gasteiger partial charge in [-0.25, -0.2) is 0 Å². The van der Waals surface area contributed by atoms with Gasteiger partial charge in [0, 0.05) is 12.5 Å². The first-order valence-corrected chi connectivity index (χ1v) is 7.39. The molecule has 1 aromatic rings. The smallest absolute Gasteiger partial charge is 0.307 e. The van der Waals surface area contributed by atoms with Gasteiger partial charge in [-0.1, -0.05) is 18.2 Å². The van der Waals surface area contributed by atoms with E-state index < -0.39 is 11.9 Å². The molecule has 1 aliphatic heterocycles. The fourth-order valence-corrected chi connectivity index (χ4v) is 3.09. The molecule has 1 aliphatic carbocycles. The summed E-state index contributed by atoms with van der Waals surface area (Å²) in [6.07, 6.45) is 2.14. The summed E-state index contributed by atoms with van der Waals surface area (Å²) in [4.78, 5) is 23.1. The summed E-state index contributed by atoms with van der Waals surface area (Å²) in [6, 6.07) is 7.87. The number of carbonyl (C=O) groups excluding carboxylic acids is 1. The minimum absolute atomic E-state index is 0.127. The van der Waals surface area contributed by atoms with E-state index in [1.165, 1.54) is 0 Å². The SMILES string of the molecule is O=C(O)C1CCC1C(=O)NCC1CCOc2ccccc21. The molecule has 1 fully saturated rings. The number of ether oxygens (including phenoxy) is 1.